The molecule has 0 N–H and O–H groups in total. The summed E-state index contributed by atoms with van der Waals surface area (Å²) in [6, 6.07) is 10.0. The Balaban J connectivity index is 1.98. The zero-order valence-electron chi connectivity index (χ0n) is 12.3. The van der Waals surface area contributed by atoms with Crippen LogP contribution in [0.3, 0.4) is 0 Å². The third-order valence-electron chi connectivity index (χ3n) is 3.63. The van der Waals surface area contributed by atoms with E-state index in [0.29, 0.717) is 11.1 Å². The molecule has 1 aliphatic heterocycles. The molecule has 2 aromatic rings. The number of allylic oxidation sites excluding steroid dienone is 2. The maximum absolute atomic E-state index is 14.2. The summed E-state index contributed by atoms with van der Waals surface area (Å²) >= 11 is 0. The van der Waals surface area contributed by atoms with Gasteiger partial charge >= 0.3 is 6.18 Å². The molecule has 0 radical (unpaired) electrons. The lowest BCUT2D eigenvalue weighted by Crippen LogP contribution is -2.27. The van der Waals surface area contributed by atoms with E-state index in [-0.39, 0.29) is 5.69 Å². The Morgan fingerprint density at radius 2 is 1.67 bits per heavy atom. The van der Waals surface area contributed by atoms with E-state index in [9.17, 15) is 22.0 Å². The maximum atomic E-state index is 14.2. The highest BCUT2D eigenvalue weighted by atomic mass is 19.4. The molecule has 0 aromatic heterocycles. The van der Waals surface area contributed by atoms with Gasteiger partial charge in [-0.15, -0.1) is 0 Å². The summed E-state index contributed by atoms with van der Waals surface area (Å²) in [5, 5.41) is 0. The van der Waals surface area contributed by atoms with Gasteiger partial charge in [-0.2, -0.15) is 13.2 Å². The predicted octanol–water partition coefficient (Wildman–Crippen LogP) is 5.56. The topological polar surface area (TPSA) is 3.24 Å². The van der Waals surface area contributed by atoms with Gasteiger partial charge in [0, 0.05) is 11.9 Å². The maximum Gasteiger partial charge on any atom is 0.416 e. The number of alkyl halides is 4. The molecular formula is C18H12F5N. The predicted molar refractivity (Wildman–Crippen MR) is 82.3 cm³/mol. The summed E-state index contributed by atoms with van der Waals surface area (Å²) in [7, 11) is 0. The molecule has 2 aromatic carbocycles. The Morgan fingerprint density at radius 1 is 0.958 bits per heavy atom. The van der Waals surface area contributed by atoms with E-state index >= 15 is 0 Å². The fourth-order valence-electron chi connectivity index (χ4n) is 2.41. The number of rotatable bonds is 2. The lowest BCUT2D eigenvalue weighted by atomic mass is 10.0. The summed E-state index contributed by atoms with van der Waals surface area (Å²) in [5.41, 5.74) is 0.442. The average molecular weight is 337 g/mol. The Hall–Kier alpha value is -2.63. The monoisotopic (exact) mass is 337 g/mol. The lowest BCUT2D eigenvalue weighted by molar-refractivity contribution is -0.137. The second-order valence-corrected chi connectivity index (χ2v) is 5.28. The average Bonchev–Trinajstić information content (AvgIpc) is 2.55. The molecule has 0 fully saturated rings. The fraction of sp³-hybridized carbons (Fsp3) is 0.111. The Kier molecular flexibility index (Phi) is 4.13. The van der Waals surface area contributed by atoms with Crippen molar-refractivity contribution in [3.63, 3.8) is 0 Å². The van der Waals surface area contributed by atoms with Crippen molar-refractivity contribution in [2.75, 3.05) is 4.90 Å². The molecule has 0 aliphatic carbocycles. The Bertz CT molecular complexity index is 790. The van der Waals surface area contributed by atoms with Crippen LogP contribution in [0.4, 0.5) is 27.6 Å². The van der Waals surface area contributed by atoms with Gasteiger partial charge in [-0.1, -0.05) is 24.3 Å². The van der Waals surface area contributed by atoms with E-state index in [2.05, 4.69) is 0 Å². The number of nitrogens with zero attached hydrogens (tertiary/aromatic N) is 1. The lowest BCUT2D eigenvalue weighted by Gasteiger charge is -2.27. The molecular weight excluding hydrogens is 325 g/mol. The summed E-state index contributed by atoms with van der Waals surface area (Å²) in [4.78, 5) is 1.11. The molecule has 0 spiro atoms. The second-order valence-electron chi connectivity index (χ2n) is 5.28. The first-order valence-electron chi connectivity index (χ1n) is 7.10. The molecule has 0 saturated heterocycles. The zero-order chi connectivity index (χ0) is 17.3. The summed E-state index contributed by atoms with van der Waals surface area (Å²) in [5.74, 6) is -0.405. The molecule has 0 amide bonds. The number of halogens is 5. The van der Waals surface area contributed by atoms with Gasteiger partial charge < -0.3 is 4.90 Å². The van der Waals surface area contributed by atoms with Gasteiger partial charge in [0.25, 0.3) is 0 Å². The first kappa shape index (κ1) is 16.2. The Morgan fingerprint density at radius 3 is 2.33 bits per heavy atom. The minimum atomic E-state index is -4.50. The summed E-state index contributed by atoms with van der Waals surface area (Å²) in [6.07, 6.45) is -1.93. The van der Waals surface area contributed by atoms with Crippen molar-refractivity contribution in [1.29, 1.82) is 0 Å². The minimum Gasteiger partial charge on any atom is -0.314 e. The first-order chi connectivity index (χ1) is 11.3. The largest absolute Gasteiger partial charge is 0.416 e. The summed E-state index contributed by atoms with van der Waals surface area (Å²) < 4.78 is 65.7. The highest BCUT2D eigenvalue weighted by Gasteiger charge is 2.31. The number of anilines is 1. The molecule has 1 heterocycles. The van der Waals surface area contributed by atoms with Crippen LogP contribution in [0, 0.1) is 5.82 Å². The van der Waals surface area contributed by atoms with E-state index in [1.54, 1.807) is 0 Å². The van der Waals surface area contributed by atoms with Crippen molar-refractivity contribution in [2.45, 2.75) is 12.5 Å². The van der Waals surface area contributed by atoms with E-state index < -0.39 is 23.9 Å². The van der Waals surface area contributed by atoms with Crippen LogP contribution in [0.5, 0.6) is 0 Å². The van der Waals surface area contributed by atoms with E-state index in [4.69, 9.17) is 0 Å². The van der Waals surface area contributed by atoms with Gasteiger partial charge in [0.15, 0.2) is 6.30 Å². The summed E-state index contributed by atoms with van der Waals surface area (Å²) in [6.45, 7) is 0. The highest BCUT2D eigenvalue weighted by molar-refractivity contribution is 5.78. The SMILES string of the molecule is Fc1ccc(C2=CN(c3cccc(C(F)(F)F)c3)C(F)C=C2)cc1. The number of benzene rings is 2. The van der Waals surface area contributed by atoms with Gasteiger partial charge in [-0.05, 0) is 47.5 Å². The van der Waals surface area contributed by atoms with Crippen LogP contribution in [-0.2, 0) is 6.18 Å². The van der Waals surface area contributed by atoms with E-state index in [1.807, 2.05) is 0 Å². The second kappa shape index (κ2) is 6.11. The van der Waals surface area contributed by atoms with E-state index in [0.717, 1.165) is 17.0 Å². The van der Waals surface area contributed by atoms with E-state index in [1.165, 1.54) is 54.8 Å². The smallest absolute Gasteiger partial charge is 0.314 e. The van der Waals surface area contributed by atoms with Crippen molar-refractivity contribution >= 4 is 11.3 Å². The molecule has 1 aliphatic rings. The van der Waals surface area contributed by atoms with Gasteiger partial charge in [-0.3, -0.25) is 0 Å². The quantitative estimate of drug-likeness (QED) is 0.512. The molecule has 0 bridgehead atoms. The number of hydrogen-bond donors (Lipinski definition) is 0. The van der Waals surface area contributed by atoms with Gasteiger partial charge in [-0.25, -0.2) is 8.78 Å². The number of hydrogen-bond acceptors (Lipinski definition) is 1. The van der Waals surface area contributed by atoms with Gasteiger partial charge in [0.2, 0.25) is 0 Å². The van der Waals surface area contributed by atoms with Crippen LogP contribution in [0.25, 0.3) is 5.57 Å². The van der Waals surface area contributed by atoms with Crippen LogP contribution in [-0.4, -0.2) is 6.30 Å². The van der Waals surface area contributed by atoms with Crippen LogP contribution in [0.2, 0.25) is 0 Å². The molecule has 3 rings (SSSR count). The first-order valence-corrected chi connectivity index (χ1v) is 7.10. The van der Waals surface area contributed by atoms with Crippen molar-refractivity contribution < 1.29 is 22.0 Å². The van der Waals surface area contributed by atoms with Gasteiger partial charge in [0.1, 0.15) is 5.82 Å². The molecule has 6 heteroatoms. The van der Waals surface area contributed by atoms with Crippen molar-refractivity contribution in [2.24, 2.45) is 0 Å². The van der Waals surface area contributed by atoms with Crippen molar-refractivity contribution in [3.05, 3.63) is 83.8 Å². The molecule has 1 atom stereocenters. The fourth-order valence-corrected chi connectivity index (χ4v) is 2.41. The zero-order valence-corrected chi connectivity index (χ0v) is 12.3. The third-order valence-corrected chi connectivity index (χ3v) is 3.63. The molecule has 1 unspecified atom stereocenters. The normalized spacial score (nSPS) is 17.8. The third kappa shape index (κ3) is 3.32. The Labute approximate surface area is 135 Å². The molecule has 0 saturated carbocycles. The molecule has 1 nitrogen and oxygen atoms in total. The van der Waals surface area contributed by atoms with Crippen LogP contribution < -0.4 is 4.90 Å². The van der Waals surface area contributed by atoms with Crippen LogP contribution in [0.15, 0.2) is 66.9 Å². The molecule has 24 heavy (non-hydrogen) atoms. The van der Waals surface area contributed by atoms with Gasteiger partial charge in [0.05, 0.1) is 5.56 Å². The van der Waals surface area contributed by atoms with Crippen LogP contribution >= 0.6 is 0 Å². The van der Waals surface area contributed by atoms with Crippen LogP contribution in [0.1, 0.15) is 11.1 Å². The van der Waals surface area contributed by atoms with Crippen molar-refractivity contribution in [1.82, 2.24) is 0 Å². The minimum absolute atomic E-state index is 0.0845. The standard InChI is InChI=1S/C18H12F5N/c19-15-7-4-12(5-8-15)13-6-9-17(20)24(11-13)16-3-1-2-14(10-16)18(21,22)23/h1-11,17H. The highest BCUT2D eigenvalue weighted by Crippen LogP contribution is 2.34. The molecule has 124 valence electrons. The van der Waals surface area contributed by atoms with Crippen molar-refractivity contribution in [3.8, 4) is 0 Å².